The van der Waals surface area contributed by atoms with Gasteiger partial charge in [0.25, 0.3) is 0 Å². The van der Waals surface area contributed by atoms with Gasteiger partial charge in [0, 0.05) is 44.1 Å². The Hall–Kier alpha value is -3.09. The van der Waals surface area contributed by atoms with Crippen molar-refractivity contribution in [2.24, 2.45) is 0 Å². The van der Waals surface area contributed by atoms with Crippen LogP contribution in [0.1, 0.15) is 22.5 Å². The Kier molecular flexibility index (Phi) is 6.70. The predicted octanol–water partition coefficient (Wildman–Crippen LogP) is 4.86. The highest BCUT2D eigenvalue weighted by Crippen LogP contribution is 2.17. The molecule has 1 aromatic heterocycles. The average Bonchev–Trinajstić information content (AvgIpc) is 3.27. The first-order valence-corrected chi connectivity index (χ1v) is 10.8. The van der Waals surface area contributed by atoms with Gasteiger partial charge in [0.15, 0.2) is 0 Å². The lowest BCUT2D eigenvalue weighted by atomic mass is 10.1. The summed E-state index contributed by atoms with van der Waals surface area (Å²) in [4.78, 5) is 17.2. The molecule has 0 bridgehead atoms. The van der Waals surface area contributed by atoms with Crippen LogP contribution in [0, 0.1) is 13.8 Å². The lowest BCUT2D eigenvalue weighted by molar-refractivity contribution is 0.116. The molecule has 4 rings (SSSR count). The maximum Gasteiger partial charge on any atom is 0.323 e. The first-order chi connectivity index (χ1) is 15.0. The van der Waals surface area contributed by atoms with E-state index in [1.807, 2.05) is 49.4 Å². The molecule has 0 atom stereocenters. The average molecular weight is 419 g/mol. The van der Waals surface area contributed by atoms with Crippen LogP contribution >= 0.6 is 0 Å². The maximum atomic E-state index is 12.3. The molecule has 6 nitrogen and oxygen atoms in total. The lowest BCUT2D eigenvalue weighted by Crippen LogP contribution is -2.45. The zero-order valence-electron chi connectivity index (χ0n) is 18.2. The Morgan fingerprint density at radius 3 is 2.13 bits per heavy atom. The van der Waals surface area contributed by atoms with E-state index in [1.165, 1.54) is 11.1 Å². The molecule has 162 valence electrons. The van der Waals surface area contributed by atoms with Crippen LogP contribution in [0.25, 0.3) is 0 Å². The fourth-order valence-corrected chi connectivity index (χ4v) is 3.79. The molecule has 3 aromatic rings. The molecule has 0 aliphatic carbocycles. The third kappa shape index (κ3) is 5.96. The number of rotatable bonds is 6. The van der Waals surface area contributed by atoms with Crippen LogP contribution in [0.5, 0.6) is 0 Å². The van der Waals surface area contributed by atoms with Gasteiger partial charge in [-0.1, -0.05) is 18.2 Å². The summed E-state index contributed by atoms with van der Waals surface area (Å²) >= 11 is 0. The van der Waals surface area contributed by atoms with Crippen LogP contribution in [0.4, 0.5) is 16.2 Å². The molecular weight excluding hydrogens is 388 g/mol. The van der Waals surface area contributed by atoms with E-state index in [0.717, 1.165) is 62.0 Å². The van der Waals surface area contributed by atoms with Crippen LogP contribution in [-0.2, 0) is 13.1 Å². The van der Waals surface area contributed by atoms with E-state index >= 15 is 0 Å². The Labute approximate surface area is 183 Å². The number of amides is 2. The fourth-order valence-electron chi connectivity index (χ4n) is 3.79. The second-order valence-corrected chi connectivity index (χ2v) is 8.21. The van der Waals surface area contributed by atoms with Crippen LogP contribution in [0.2, 0.25) is 0 Å². The van der Waals surface area contributed by atoms with E-state index in [1.54, 1.807) is 6.26 Å². The van der Waals surface area contributed by atoms with Crippen molar-refractivity contribution in [2.75, 3.05) is 36.8 Å². The molecule has 1 saturated heterocycles. The Balaban J connectivity index is 1.23. The van der Waals surface area contributed by atoms with Crippen LogP contribution < -0.4 is 10.6 Å². The maximum absolute atomic E-state index is 12.3. The first-order valence-electron chi connectivity index (χ1n) is 10.8. The van der Waals surface area contributed by atoms with Gasteiger partial charge >= 0.3 is 6.03 Å². The molecular formula is C25H30N4O2. The number of hydrogen-bond acceptors (Lipinski definition) is 4. The van der Waals surface area contributed by atoms with Crippen molar-refractivity contribution in [2.45, 2.75) is 26.9 Å². The standard InChI is InChI=1S/C25H30N4O2/c1-19-5-8-23(16-20(19)2)27-25(30)26-22-9-6-21(7-10-22)17-28-11-13-29(14-12-28)18-24-4-3-15-31-24/h3-10,15-16H,11-14,17-18H2,1-2H3,(H2,26,27,30). The largest absolute Gasteiger partial charge is 0.468 e. The number of hydrogen-bond donors (Lipinski definition) is 2. The third-order valence-corrected chi connectivity index (χ3v) is 5.81. The van der Waals surface area contributed by atoms with Crippen molar-refractivity contribution in [3.05, 3.63) is 83.3 Å². The summed E-state index contributed by atoms with van der Waals surface area (Å²) in [5.41, 5.74) is 5.20. The van der Waals surface area contributed by atoms with Crippen LogP contribution in [0.3, 0.4) is 0 Å². The van der Waals surface area contributed by atoms with Crippen molar-refractivity contribution in [1.29, 1.82) is 0 Å². The summed E-state index contributed by atoms with van der Waals surface area (Å²) in [5, 5.41) is 5.79. The molecule has 1 fully saturated rings. The number of benzene rings is 2. The predicted molar refractivity (Wildman–Crippen MR) is 124 cm³/mol. The fraction of sp³-hybridized carbons (Fsp3) is 0.320. The minimum Gasteiger partial charge on any atom is -0.468 e. The summed E-state index contributed by atoms with van der Waals surface area (Å²) in [7, 11) is 0. The monoisotopic (exact) mass is 418 g/mol. The van der Waals surface area contributed by atoms with Gasteiger partial charge in [-0.05, 0) is 66.9 Å². The molecule has 31 heavy (non-hydrogen) atoms. The van der Waals surface area contributed by atoms with Gasteiger partial charge < -0.3 is 15.1 Å². The lowest BCUT2D eigenvalue weighted by Gasteiger charge is -2.34. The van der Waals surface area contributed by atoms with Gasteiger partial charge in [-0.25, -0.2) is 4.79 Å². The van der Waals surface area contributed by atoms with Gasteiger partial charge in [0.05, 0.1) is 12.8 Å². The number of carbonyl (C=O) groups is 1. The molecule has 0 spiro atoms. The zero-order valence-corrected chi connectivity index (χ0v) is 18.2. The van der Waals surface area contributed by atoms with Crippen molar-refractivity contribution in [3.8, 4) is 0 Å². The quantitative estimate of drug-likeness (QED) is 0.600. The Morgan fingerprint density at radius 1 is 0.839 bits per heavy atom. The SMILES string of the molecule is Cc1ccc(NC(=O)Nc2ccc(CN3CCN(Cc4ccco4)CC3)cc2)cc1C. The van der Waals surface area contributed by atoms with E-state index in [-0.39, 0.29) is 6.03 Å². The minimum atomic E-state index is -0.233. The number of furan rings is 1. The first kappa shape index (κ1) is 21.2. The molecule has 1 aliphatic heterocycles. The number of nitrogens with one attached hydrogen (secondary N) is 2. The minimum absolute atomic E-state index is 0.233. The van der Waals surface area contributed by atoms with Crippen molar-refractivity contribution >= 4 is 17.4 Å². The number of anilines is 2. The summed E-state index contributed by atoms with van der Waals surface area (Å²) in [6.45, 7) is 10.1. The summed E-state index contributed by atoms with van der Waals surface area (Å²) in [6, 6.07) is 17.7. The summed E-state index contributed by atoms with van der Waals surface area (Å²) in [5.74, 6) is 1.03. The van der Waals surface area contributed by atoms with Crippen molar-refractivity contribution < 1.29 is 9.21 Å². The molecule has 0 unspecified atom stereocenters. The van der Waals surface area contributed by atoms with Crippen molar-refractivity contribution in [3.63, 3.8) is 0 Å². The smallest absolute Gasteiger partial charge is 0.323 e. The summed E-state index contributed by atoms with van der Waals surface area (Å²) < 4.78 is 5.45. The number of carbonyl (C=O) groups excluding carboxylic acids is 1. The molecule has 2 aromatic carbocycles. The molecule has 2 N–H and O–H groups in total. The normalized spacial score (nSPS) is 15.0. The van der Waals surface area contributed by atoms with Gasteiger partial charge in [-0.2, -0.15) is 0 Å². The highest BCUT2D eigenvalue weighted by atomic mass is 16.3. The molecule has 2 amide bonds. The Morgan fingerprint density at radius 2 is 1.48 bits per heavy atom. The number of nitrogens with zero attached hydrogens (tertiary/aromatic N) is 2. The third-order valence-electron chi connectivity index (χ3n) is 5.81. The van der Waals surface area contributed by atoms with E-state index in [9.17, 15) is 4.79 Å². The topological polar surface area (TPSA) is 60.8 Å². The highest BCUT2D eigenvalue weighted by Gasteiger charge is 2.17. The molecule has 0 saturated carbocycles. The number of piperazine rings is 1. The van der Waals surface area contributed by atoms with Crippen LogP contribution in [-0.4, -0.2) is 42.0 Å². The highest BCUT2D eigenvalue weighted by molar-refractivity contribution is 5.99. The van der Waals surface area contributed by atoms with E-state index < -0.39 is 0 Å². The van der Waals surface area contributed by atoms with Gasteiger partial charge in [-0.15, -0.1) is 0 Å². The molecule has 6 heteroatoms. The zero-order chi connectivity index (χ0) is 21.6. The second kappa shape index (κ2) is 9.81. The van der Waals surface area contributed by atoms with Gasteiger partial charge in [0.1, 0.15) is 5.76 Å². The van der Waals surface area contributed by atoms with E-state index in [0.29, 0.717) is 0 Å². The molecule has 2 heterocycles. The molecule has 0 radical (unpaired) electrons. The Bertz CT molecular complexity index is 991. The molecule has 1 aliphatic rings. The van der Waals surface area contributed by atoms with E-state index in [2.05, 4.69) is 39.5 Å². The van der Waals surface area contributed by atoms with E-state index in [4.69, 9.17) is 4.42 Å². The summed E-state index contributed by atoms with van der Waals surface area (Å²) in [6.07, 6.45) is 1.73. The number of aryl methyl sites for hydroxylation is 2. The van der Waals surface area contributed by atoms with Crippen molar-refractivity contribution in [1.82, 2.24) is 9.80 Å². The second-order valence-electron chi connectivity index (χ2n) is 8.21. The number of urea groups is 1. The van der Waals surface area contributed by atoms with Gasteiger partial charge in [0.2, 0.25) is 0 Å². The van der Waals surface area contributed by atoms with Gasteiger partial charge in [-0.3, -0.25) is 9.80 Å². The van der Waals surface area contributed by atoms with Crippen LogP contribution in [0.15, 0.2) is 65.3 Å².